The van der Waals surface area contributed by atoms with Gasteiger partial charge in [0, 0.05) is 62.6 Å². The zero-order valence-corrected chi connectivity index (χ0v) is 17.2. The summed E-state index contributed by atoms with van der Waals surface area (Å²) in [5, 5.41) is 0.782. The molecule has 0 radical (unpaired) electrons. The van der Waals surface area contributed by atoms with Crippen molar-refractivity contribution in [2.45, 2.75) is 25.9 Å². The molecule has 2 aromatic heterocycles. The maximum atomic E-state index is 12.7. The average Bonchev–Trinajstić information content (AvgIpc) is 2.93. The highest BCUT2D eigenvalue weighted by Crippen LogP contribution is 2.20. The number of halogens is 1. The predicted molar refractivity (Wildman–Crippen MR) is 115 cm³/mol. The second-order valence-corrected chi connectivity index (χ2v) is 7.81. The average molecular weight is 410 g/mol. The Hall–Kier alpha value is -2.70. The molecule has 0 bridgehead atoms. The molecule has 1 aromatic carbocycles. The number of fused-ring (bicyclic) bond motifs is 1. The largest absolute Gasteiger partial charge is 0.341 e. The number of aromatic nitrogens is 3. The highest BCUT2D eigenvalue weighted by atomic mass is 35.5. The summed E-state index contributed by atoms with van der Waals surface area (Å²) in [5.41, 5.74) is 3.83. The molecule has 0 saturated heterocycles. The van der Waals surface area contributed by atoms with Gasteiger partial charge in [0.05, 0.1) is 5.69 Å². The fourth-order valence-electron chi connectivity index (χ4n) is 3.69. The quantitative estimate of drug-likeness (QED) is 0.701. The fourth-order valence-corrected chi connectivity index (χ4v) is 3.88. The van der Waals surface area contributed by atoms with Gasteiger partial charge in [0.25, 0.3) is 5.56 Å². The first kappa shape index (κ1) is 19.6. The van der Waals surface area contributed by atoms with Gasteiger partial charge in [-0.05, 0) is 29.7 Å². The maximum Gasteiger partial charge on any atom is 0.255 e. The van der Waals surface area contributed by atoms with E-state index in [4.69, 9.17) is 16.6 Å². The molecular weight excluding hydrogens is 386 g/mol. The van der Waals surface area contributed by atoms with Crippen LogP contribution < -0.4 is 10.5 Å². The minimum atomic E-state index is -0.0392. The van der Waals surface area contributed by atoms with E-state index in [-0.39, 0.29) is 5.56 Å². The van der Waals surface area contributed by atoms with Gasteiger partial charge < -0.3 is 4.90 Å². The summed E-state index contributed by atoms with van der Waals surface area (Å²) in [6, 6.07) is 11.8. The molecule has 0 spiro atoms. The van der Waals surface area contributed by atoms with Gasteiger partial charge in [-0.25, -0.2) is 4.98 Å². The smallest absolute Gasteiger partial charge is 0.255 e. The molecule has 0 saturated carbocycles. The van der Waals surface area contributed by atoms with Crippen LogP contribution >= 0.6 is 11.6 Å². The molecular formula is C22H24ClN5O. The number of hydrogen-bond donors (Lipinski definition) is 1. The Morgan fingerprint density at radius 3 is 2.79 bits per heavy atom. The van der Waals surface area contributed by atoms with Gasteiger partial charge in [0.15, 0.2) is 0 Å². The van der Waals surface area contributed by atoms with Crippen LogP contribution in [0.15, 0.2) is 53.6 Å². The standard InChI is InChI=1S/C22H24ClN5O/c1-27(14-16-5-4-10-24-13-16)22-25-20-9-12-28(11-8-18(20)21(29)26-22)15-17-6-2-3-7-19(17)23/h2-7,10,13H,8-9,11-12,14-15H2,1H3,(H,25,26,29). The molecule has 4 rings (SSSR count). The van der Waals surface area contributed by atoms with Crippen LogP contribution in [0.5, 0.6) is 0 Å². The first-order chi connectivity index (χ1) is 14.1. The van der Waals surface area contributed by atoms with Crippen LogP contribution in [0.1, 0.15) is 22.4 Å². The van der Waals surface area contributed by atoms with Crippen molar-refractivity contribution in [2.24, 2.45) is 0 Å². The molecule has 0 amide bonds. The number of aromatic amines is 1. The molecule has 3 aromatic rings. The zero-order chi connectivity index (χ0) is 20.2. The molecule has 0 aliphatic carbocycles. The number of pyridine rings is 1. The number of rotatable bonds is 5. The summed E-state index contributed by atoms with van der Waals surface area (Å²) in [6.07, 6.45) is 5.01. The second kappa shape index (κ2) is 8.76. The Morgan fingerprint density at radius 1 is 1.17 bits per heavy atom. The lowest BCUT2D eigenvalue weighted by atomic mass is 10.1. The van der Waals surface area contributed by atoms with Crippen molar-refractivity contribution in [2.75, 3.05) is 25.0 Å². The van der Waals surface area contributed by atoms with Gasteiger partial charge in [-0.2, -0.15) is 0 Å². The number of hydrogen-bond acceptors (Lipinski definition) is 5. The number of anilines is 1. The minimum absolute atomic E-state index is 0.0392. The summed E-state index contributed by atoms with van der Waals surface area (Å²) in [7, 11) is 1.93. The maximum absolute atomic E-state index is 12.7. The van der Waals surface area contributed by atoms with Crippen LogP contribution in [0.2, 0.25) is 5.02 Å². The third-order valence-corrected chi connectivity index (χ3v) is 5.66. The lowest BCUT2D eigenvalue weighted by molar-refractivity contribution is 0.279. The van der Waals surface area contributed by atoms with Gasteiger partial charge in [0.2, 0.25) is 5.95 Å². The number of H-pyrrole nitrogens is 1. The summed E-state index contributed by atoms with van der Waals surface area (Å²) < 4.78 is 0. The summed E-state index contributed by atoms with van der Waals surface area (Å²) >= 11 is 6.32. The number of benzene rings is 1. The van der Waals surface area contributed by atoms with Crippen molar-refractivity contribution >= 4 is 17.5 Å². The van der Waals surface area contributed by atoms with E-state index in [9.17, 15) is 4.79 Å². The number of nitrogens with one attached hydrogen (secondary N) is 1. The lowest BCUT2D eigenvalue weighted by Gasteiger charge is -2.20. The van der Waals surface area contributed by atoms with E-state index in [2.05, 4.69) is 20.9 Å². The van der Waals surface area contributed by atoms with Crippen molar-refractivity contribution in [1.29, 1.82) is 0 Å². The second-order valence-electron chi connectivity index (χ2n) is 7.40. The van der Waals surface area contributed by atoms with Crippen LogP contribution in [0.25, 0.3) is 0 Å². The van der Waals surface area contributed by atoms with E-state index in [1.807, 2.05) is 48.5 Å². The molecule has 1 aliphatic heterocycles. The fraction of sp³-hybridized carbons (Fsp3) is 0.318. The van der Waals surface area contributed by atoms with Crippen molar-refractivity contribution in [3.63, 3.8) is 0 Å². The molecule has 0 atom stereocenters. The molecule has 6 nitrogen and oxygen atoms in total. The van der Waals surface area contributed by atoms with E-state index in [1.165, 1.54) is 0 Å². The van der Waals surface area contributed by atoms with Crippen LogP contribution in [0, 0.1) is 0 Å². The van der Waals surface area contributed by atoms with Gasteiger partial charge in [-0.15, -0.1) is 0 Å². The van der Waals surface area contributed by atoms with Gasteiger partial charge in [-0.1, -0.05) is 35.9 Å². The van der Waals surface area contributed by atoms with E-state index in [0.29, 0.717) is 18.9 Å². The van der Waals surface area contributed by atoms with Crippen molar-refractivity contribution < 1.29 is 0 Å². The Labute approximate surface area is 175 Å². The predicted octanol–water partition coefficient (Wildman–Crippen LogP) is 3.06. The van der Waals surface area contributed by atoms with Crippen molar-refractivity contribution in [3.05, 3.63) is 86.6 Å². The van der Waals surface area contributed by atoms with E-state index in [1.54, 1.807) is 6.20 Å². The SMILES string of the molecule is CN(Cc1cccnc1)c1nc2c(c(=O)[nH]1)CCN(Cc1ccccc1Cl)CC2. The lowest BCUT2D eigenvalue weighted by Crippen LogP contribution is -2.27. The van der Waals surface area contributed by atoms with Gasteiger partial charge in [-0.3, -0.25) is 19.7 Å². The Kier molecular flexibility index (Phi) is 5.92. The Balaban J connectivity index is 1.49. The third-order valence-electron chi connectivity index (χ3n) is 5.29. The molecule has 0 fully saturated rings. The Bertz CT molecular complexity index is 1040. The van der Waals surface area contributed by atoms with Crippen LogP contribution in [-0.4, -0.2) is 40.0 Å². The van der Waals surface area contributed by atoms with Crippen LogP contribution in [0.3, 0.4) is 0 Å². The topological polar surface area (TPSA) is 65.1 Å². The Morgan fingerprint density at radius 2 is 2.00 bits per heavy atom. The third kappa shape index (κ3) is 4.66. The molecule has 0 unspecified atom stereocenters. The summed E-state index contributed by atoms with van der Waals surface area (Å²) in [4.78, 5) is 28.9. The van der Waals surface area contributed by atoms with Crippen LogP contribution in [-0.2, 0) is 25.9 Å². The first-order valence-electron chi connectivity index (χ1n) is 9.78. The molecule has 7 heteroatoms. The molecule has 1 N–H and O–H groups in total. The first-order valence-corrected chi connectivity index (χ1v) is 10.2. The zero-order valence-electron chi connectivity index (χ0n) is 16.4. The van der Waals surface area contributed by atoms with Crippen molar-refractivity contribution in [1.82, 2.24) is 19.9 Å². The minimum Gasteiger partial charge on any atom is -0.341 e. The van der Waals surface area contributed by atoms with Gasteiger partial charge in [0.1, 0.15) is 0 Å². The molecule has 3 heterocycles. The molecule has 150 valence electrons. The monoisotopic (exact) mass is 409 g/mol. The molecule has 29 heavy (non-hydrogen) atoms. The number of nitrogens with zero attached hydrogens (tertiary/aromatic N) is 4. The molecule has 1 aliphatic rings. The highest BCUT2D eigenvalue weighted by Gasteiger charge is 2.20. The normalized spacial score (nSPS) is 14.3. The van der Waals surface area contributed by atoms with E-state index >= 15 is 0 Å². The highest BCUT2D eigenvalue weighted by molar-refractivity contribution is 6.31. The summed E-state index contributed by atoms with van der Waals surface area (Å²) in [5.74, 6) is 0.595. The van der Waals surface area contributed by atoms with Crippen LogP contribution in [0.4, 0.5) is 5.95 Å². The van der Waals surface area contributed by atoms with E-state index in [0.717, 1.165) is 53.5 Å². The van der Waals surface area contributed by atoms with E-state index < -0.39 is 0 Å². The van der Waals surface area contributed by atoms with Crippen molar-refractivity contribution in [3.8, 4) is 0 Å². The van der Waals surface area contributed by atoms with Gasteiger partial charge >= 0.3 is 0 Å². The summed E-state index contributed by atoms with van der Waals surface area (Å²) in [6.45, 7) is 3.07.